The van der Waals surface area contributed by atoms with Crippen molar-refractivity contribution in [2.24, 2.45) is 10.7 Å². The van der Waals surface area contributed by atoms with Gasteiger partial charge in [-0.1, -0.05) is 42.5 Å². The van der Waals surface area contributed by atoms with Crippen molar-refractivity contribution in [3.05, 3.63) is 94.7 Å². The van der Waals surface area contributed by atoms with Crippen molar-refractivity contribution in [1.29, 1.82) is 0 Å². The Hall–Kier alpha value is -3.37. The number of para-hydroxylation sites is 1. The highest BCUT2D eigenvalue weighted by molar-refractivity contribution is 6.15. The van der Waals surface area contributed by atoms with Crippen molar-refractivity contribution >= 4 is 28.0 Å². The molecule has 0 amide bonds. The molecule has 1 aromatic heterocycles. The van der Waals surface area contributed by atoms with E-state index in [0.717, 1.165) is 30.1 Å². The number of hydrogen-bond acceptors (Lipinski definition) is 3. The maximum absolute atomic E-state index is 5.75. The molecule has 0 atom stereocenters. The number of aryl methyl sites for hydroxylation is 2. The summed E-state index contributed by atoms with van der Waals surface area (Å²) in [5, 5.41) is 4.88. The Morgan fingerprint density at radius 1 is 0.935 bits per heavy atom. The lowest BCUT2D eigenvalue weighted by atomic mass is 10.0. The molecule has 3 N–H and O–H groups in total. The lowest BCUT2D eigenvalue weighted by molar-refractivity contribution is 0.835. The second-order valence-electron chi connectivity index (χ2n) is 8.61. The molecule has 2 heterocycles. The summed E-state index contributed by atoms with van der Waals surface area (Å²) >= 11 is 0. The van der Waals surface area contributed by atoms with Crippen LogP contribution in [0.1, 0.15) is 34.2 Å². The Morgan fingerprint density at radius 2 is 1.71 bits per heavy atom. The fourth-order valence-electron chi connectivity index (χ4n) is 4.95. The molecule has 4 heteroatoms. The van der Waals surface area contributed by atoms with Crippen LogP contribution in [0.4, 0.5) is 11.4 Å². The van der Waals surface area contributed by atoms with Crippen molar-refractivity contribution in [1.82, 2.24) is 4.57 Å². The standard InChI is InChI=1S/C27H26N4/c28-14-18-8-10-19(11-9-18)16-31-17-23(22-6-1-2-7-27(22)31)26-15-29-24-12-20-4-3-5-21(20)13-25(24)30-26/h1-2,6-13,17,29H,3-5,14-16,28H2. The molecule has 0 saturated carbocycles. The zero-order chi connectivity index (χ0) is 20.8. The molecule has 0 saturated heterocycles. The van der Waals surface area contributed by atoms with Crippen LogP contribution in [0.25, 0.3) is 10.9 Å². The second-order valence-corrected chi connectivity index (χ2v) is 8.61. The molecule has 31 heavy (non-hydrogen) atoms. The van der Waals surface area contributed by atoms with Crippen molar-refractivity contribution in [3.8, 4) is 0 Å². The first kappa shape index (κ1) is 18.4. The molecule has 0 fully saturated rings. The van der Waals surface area contributed by atoms with E-state index in [1.165, 1.54) is 58.1 Å². The minimum absolute atomic E-state index is 0.578. The van der Waals surface area contributed by atoms with E-state index in [4.69, 9.17) is 10.7 Å². The van der Waals surface area contributed by atoms with E-state index < -0.39 is 0 Å². The molecule has 0 bridgehead atoms. The van der Waals surface area contributed by atoms with Crippen molar-refractivity contribution in [2.75, 3.05) is 11.9 Å². The van der Waals surface area contributed by atoms with Crippen molar-refractivity contribution < 1.29 is 0 Å². The number of aromatic nitrogens is 1. The Bertz CT molecular complexity index is 1310. The summed E-state index contributed by atoms with van der Waals surface area (Å²) in [7, 11) is 0. The number of benzene rings is 3. The molecular formula is C27H26N4. The minimum Gasteiger partial charge on any atom is -0.378 e. The van der Waals surface area contributed by atoms with Gasteiger partial charge in [0, 0.05) is 35.8 Å². The molecular weight excluding hydrogens is 380 g/mol. The maximum Gasteiger partial charge on any atom is 0.0868 e. The monoisotopic (exact) mass is 406 g/mol. The summed E-state index contributed by atoms with van der Waals surface area (Å²) in [4.78, 5) is 5.11. The Balaban J connectivity index is 1.40. The van der Waals surface area contributed by atoms with Crippen LogP contribution < -0.4 is 11.1 Å². The summed E-state index contributed by atoms with van der Waals surface area (Å²) in [6, 6.07) is 21.8. The van der Waals surface area contributed by atoms with Crippen LogP contribution in [0.5, 0.6) is 0 Å². The minimum atomic E-state index is 0.578. The van der Waals surface area contributed by atoms with Gasteiger partial charge in [0.2, 0.25) is 0 Å². The summed E-state index contributed by atoms with van der Waals surface area (Å²) in [6.45, 7) is 2.16. The quantitative estimate of drug-likeness (QED) is 0.490. The van der Waals surface area contributed by atoms with E-state index in [9.17, 15) is 0 Å². The summed E-state index contributed by atoms with van der Waals surface area (Å²) in [5.41, 5.74) is 17.0. The maximum atomic E-state index is 5.75. The van der Waals surface area contributed by atoms with E-state index in [0.29, 0.717) is 6.54 Å². The van der Waals surface area contributed by atoms with E-state index in [1.54, 1.807) is 0 Å². The van der Waals surface area contributed by atoms with Crippen LogP contribution in [0.3, 0.4) is 0 Å². The topological polar surface area (TPSA) is 55.3 Å². The van der Waals surface area contributed by atoms with E-state index in [-0.39, 0.29) is 0 Å². The highest BCUT2D eigenvalue weighted by Gasteiger charge is 2.20. The average Bonchev–Trinajstić information content (AvgIpc) is 3.42. The highest BCUT2D eigenvalue weighted by atomic mass is 15.0. The van der Waals surface area contributed by atoms with E-state index in [1.807, 2.05) is 0 Å². The van der Waals surface area contributed by atoms with Crippen molar-refractivity contribution in [2.45, 2.75) is 32.4 Å². The molecule has 4 aromatic rings. The third-order valence-electron chi connectivity index (χ3n) is 6.62. The molecule has 2 aliphatic rings. The van der Waals surface area contributed by atoms with Gasteiger partial charge in [0.1, 0.15) is 0 Å². The van der Waals surface area contributed by atoms with Gasteiger partial charge < -0.3 is 15.6 Å². The average molecular weight is 407 g/mol. The predicted molar refractivity (Wildman–Crippen MR) is 129 cm³/mol. The number of rotatable bonds is 4. The molecule has 0 spiro atoms. The van der Waals surface area contributed by atoms with Crippen LogP contribution in [-0.4, -0.2) is 16.8 Å². The molecule has 0 unspecified atom stereocenters. The number of anilines is 1. The SMILES string of the molecule is NCc1ccc(Cn2cc(C3=Nc4cc5c(cc4NC3)CCC5)c3ccccc32)cc1. The second kappa shape index (κ2) is 7.40. The molecule has 154 valence electrons. The number of fused-ring (bicyclic) bond motifs is 3. The van der Waals surface area contributed by atoms with Crippen LogP contribution >= 0.6 is 0 Å². The summed E-state index contributed by atoms with van der Waals surface area (Å²) in [5.74, 6) is 0. The van der Waals surface area contributed by atoms with Gasteiger partial charge in [0.05, 0.1) is 23.6 Å². The van der Waals surface area contributed by atoms with Gasteiger partial charge in [0.15, 0.2) is 0 Å². The zero-order valence-electron chi connectivity index (χ0n) is 17.6. The molecule has 6 rings (SSSR count). The molecule has 1 aliphatic heterocycles. The van der Waals surface area contributed by atoms with Gasteiger partial charge in [-0.25, -0.2) is 4.99 Å². The smallest absolute Gasteiger partial charge is 0.0868 e. The first-order chi connectivity index (χ1) is 15.3. The molecule has 1 aliphatic carbocycles. The fraction of sp³-hybridized carbons (Fsp3) is 0.222. The largest absolute Gasteiger partial charge is 0.378 e. The van der Waals surface area contributed by atoms with Gasteiger partial charge in [-0.3, -0.25) is 0 Å². The van der Waals surface area contributed by atoms with Gasteiger partial charge in [-0.05, 0) is 59.7 Å². The molecule has 3 aromatic carbocycles. The normalized spacial score (nSPS) is 14.8. The van der Waals surface area contributed by atoms with Crippen LogP contribution in [0.2, 0.25) is 0 Å². The van der Waals surface area contributed by atoms with E-state index >= 15 is 0 Å². The number of nitrogens with one attached hydrogen (secondary N) is 1. The number of nitrogens with two attached hydrogens (primary N) is 1. The third-order valence-corrected chi connectivity index (χ3v) is 6.62. The molecule has 4 nitrogen and oxygen atoms in total. The predicted octanol–water partition coefficient (Wildman–Crippen LogP) is 5.18. The highest BCUT2D eigenvalue weighted by Crippen LogP contribution is 2.36. The Morgan fingerprint density at radius 3 is 2.55 bits per heavy atom. The van der Waals surface area contributed by atoms with Gasteiger partial charge in [0.25, 0.3) is 0 Å². The van der Waals surface area contributed by atoms with Crippen LogP contribution in [0, 0.1) is 0 Å². The Labute approximate surface area is 182 Å². The number of aliphatic imine (C=N–C) groups is 1. The zero-order valence-corrected chi connectivity index (χ0v) is 17.6. The summed E-state index contributed by atoms with van der Waals surface area (Å²) < 4.78 is 2.34. The Kier molecular flexibility index (Phi) is 4.39. The first-order valence-electron chi connectivity index (χ1n) is 11.1. The van der Waals surface area contributed by atoms with Gasteiger partial charge in [-0.15, -0.1) is 0 Å². The third kappa shape index (κ3) is 3.24. The lowest BCUT2D eigenvalue weighted by Gasteiger charge is -2.19. The van der Waals surface area contributed by atoms with Crippen LogP contribution in [-0.2, 0) is 25.9 Å². The molecule has 0 radical (unpaired) electrons. The fourth-order valence-corrected chi connectivity index (χ4v) is 4.95. The lowest BCUT2D eigenvalue weighted by Crippen LogP contribution is -2.18. The van der Waals surface area contributed by atoms with Crippen LogP contribution in [0.15, 0.2) is 71.9 Å². The summed E-state index contributed by atoms with van der Waals surface area (Å²) in [6.07, 6.45) is 5.89. The first-order valence-corrected chi connectivity index (χ1v) is 11.1. The number of hydrogen-bond donors (Lipinski definition) is 2. The van der Waals surface area contributed by atoms with Gasteiger partial charge in [-0.2, -0.15) is 0 Å². The number of nitrogens with zero attached hydrogens (tertiary/aromatic N) is 2. The van der Waals surface area contributed by atoms with E-state index in [2.05, 4.69) is 76.7 Å². The van der Waals surface area contributed by atoms with Crippen molar-refractivity contribution in [3.63, 3.8) is 0 Å². The van der Waals surface area contributed by atoms with Gasteiger partial charge >= 0.3 is 0 Å².